The van der Waals surface area contributed by atoms with Gasteiger partial charge in [0.15, 0.2) is 5.11 Å². The number of non-ortho nitro benzene ring substituents is 1. The molecule has 0 fully saturated rings. The van der Waals surface area contributed by atoms with Gasteiger partial charge in [0.2, 0.25) is 0 Å². The van der Waals surface area contributed by atoms with Crippen molar-refractivity contribution in [2.75, 3.05) is 5.32 Å². The van der Waals surface area contributed by atoms with Gasteiger partial charge in [-0.2, -0.15) is 0 Å². The summed E-state index contributed by atoms with van der Waals surface area (Å²) in [5, 5.41) is 21.0. The number of benzene rings is 2. The van der Waals surface area contributed by atoms with Crippen molar-refractivity contribution in [3.8, 4) is 0 Å². The maximum atomic E-state index is 13.2. The van der Waals surface area contributed by atoms with E-state index < -0.39 is 11.0 Å². The average molecular weight is 431 g/mol. The van der Waals surface area contributed by atoms with Crippen LogP contribution >= 0.6 is 23.8 Å². The molecule has 1 heterocycles. The Bertz CT molecular complexity index is 1010. The van der Waals surface area contributed by atoms with E-state index in [2.05, 4.69) is 16.0 Å². The summed E-state index contributed by atoms with van der Waals surface area (Å²) >= 11 is 11.3. The van der Waals surface area contributed by atoms with Crippen molar-refractivity contribution in [1.82, 2.24) is 10.6 Å². The summed E-state index contributed by atoms with van der Waals surface area (Å²) in [4.78, 5) is 23.7. The number of nitrogens with zero attached hydrogens (tertiary/aromatic N) is 1. The van der Waals surface area contributed by atoms with E-state index in [-0.39, 0.29) is 17.5 Å². The summed E-state index contributed by atoms with van der Waals surface area (Å²) in [7, 11) is 0. The molecule has 1 amide bonds. The van der Waals surface area contributed by atoms with E-state index in [1.165, 1.54) is 18.2 Å². The molecule has 1 aliphatic rings. The molecule has 29 heavy (non-hydrogen) atoms. The van der Waals surface area contributed by atoms with Crippen LogP contribution in [0.4, 0.5) is 11.4 Å². The number of halogens is 1. The van der Waals surface area contributed by atoms with Crippen LogP contribution in [0.15, 0.2) is 59.8 Å². The van der Waals surface area contributed by atoms with E-state index in [1.54, 1.807) is 18.2 Å². The first kappa shape index (κ1) is 20.8. The number of rotatable bonds is 5. The van der Waals surface area contributed by atoms with Crippen molar-refractivity contribution in [2.45, 2.75) is 19.9 Å². The third kappa shape index (κ3) is 4.72. The molecule has 9 heteroatoms. The molecule has 0 spiro atoms. The van der Waals surface area contributed by atoms with Gasteiger partial charge in [0.25, 0.3) is 11.6 Å². The zero-order valence-electron chi connectivity index (χ0n) is 15.7. The molecule has 0 saturated carbocycles. The molecule has 150 valence electrons. The van der Waals surface area contributed by atoms with Gasteiger partial charge in [-0.1, -0.05) is 43.6 Å². The molecule has 3 rings (SSSR count). The number of carbonyl (C=O) groups excluding carboxylic acids is 1. The van der Waals surface area contributed by atoms with Gasteiger partial charge in [-0.25, -0.2) is 0 Å². The summed E-state index contributed by atoms with van der Waals surface area (Å²) in [5.74, 6) is -0.382. The van der Waals surface area contributed by atoms with Crippen LogP contribution < -0.4 is 16.0 Å². The van der Waals surface area contributed by atoms with E-state index in [0.29, 0.717) is 27.1 Å². The van der Waals surface area contributed by atoms with Crippen molar-refractivity contribution in [1.29, 1.82) is 0 Å². The topological polar surface area (TPSA) is 96.3 Å². The number of thiocarbonyl (C=S) groups is 1. The Kier molecular flexibility index (Phi) is 6.14. The number of nitro groups is 1. The zero-order valence-corrected chi connectivity index (χ0v) is 17.3. The van der Waals surface area contributed by atoms with Crippen LogP contribution in [0.25, 0.3) is 0 Å². The predicted octanol–water partition coefficient (Wildman–Crippen LogP) is 4.32. The third-order valence-corrected chi connectivity index (χ3v) is 4.91. The summed E-state index contributed by atoms with van der Waals surface area (Å²) in [6, 6.07) is 12.5. The van der Waals surface area contributed by atoms with Crippen LogP contribution in [0.1, 0.15) is 25.5 Å². The first-order valence-electron chi connectivity index (χ1n) is 8.89. The standard InChI is InChI=1S/C20H19ClN4O3S/c1-11(2)17-16(19(26)22-14-4-3-5-15(10-14)25(27)28)18(24-20(29)23-17)12-6-8-13(21)9-7-12/h3-11,18H,1-2H3,(H,22,26)(H2,23,24,29). The number of hydrogen-bond donors (Lipinski definition) is 3. The van der Waals surface area contributed by atoms with Crippen molar-refractivity contribution in [3.05, 3.63) is 80.5 Å². The highest BCUT2D eigenvalue weighted by Crippen LogP contribution is 2.31. The second-order valence-electron chi connectivity index (χ2n) is 6.83. The van der Waals surface area contributed by atoms with Gasteiger partial charge < -0.3 is 16.0 Å². The Morgan fingerprint density at radius 2 is 1.93 bits per heavy atom. The quantitative estimate of drug-likeness (QED) is 0.371. The normalized spacial score (nSPS) is 16.3. The lowest BCUT2D eigenvalue weighted by Gasteiger charge is -2.33. The molecule has 7 nitrogen and oxygen atoms in total. The predicted molar refractivity (Wildman–Crippen MR) is 117 cm³/mol. The van der Waals surface area contributed by atoms with Crippen LogP contribution in [-0.4, -0.2) is 15.9 Å². The average Bonchev–Trinajstić information content (AvgIpc) is 2.67. The maximum Gasteiger partial charge on any atom is 0.271 e. The number of carbonyl (C=O) groups is 1. The molecule has 3 N–H and O–H groups in total. The fourth-order valence-electron chi connectivity index (χ4n) is 3.09. The number of hydrogen-bond acceptors (Lipinski definition) is 4. The molecule has 1 atom stereocenters. The molecular weight excluding hydrogens is 412 g/mol. The summed E-state index contributed by atoms with van der Waals surface area (Å²) < 4.78 is 0. The SMILES string of the molecule is CC(C)C1=C(C(=O)Nc2cccc([N+](=O)[O-])c2)C(c2ccc(Cl)cc2)NC(=S)N1. The lowest BCUT2D eigenvalue weighted by Crippen LogP contribution is -2.47. The molecule has 0 radical (unpaired) electrons. The Labute approximate surface area is 178 Å². The molecule has 1 aliphatic heterocycles. The second kappa shape index (κ2) is 8.59. The maximum absolute atomic E-state index is 13.2. The number of anilines is 1. The fraction of sp³-hybridized carbons (Fsp3) is 0.200. The Balaban J connectivity index is 2.02. The van der Waals surface area contributed by atoms with Gasteiger partial charge in [-0.15, -0.1) is 0 Å². The fourth-order valence-corrected chi connectivity index (χ4v) is 3.45. The zero-order chi connectivity index (χ0) is 21.1. The monoisotopic (exact) mass is 430 g/mol. The van der Waals surface area contributed by atoms with Gasteiger partial charge in [0.1, 0.15) is 0 Å². The highest BCUT2D eigenvalue weighted by molar-refractivity contribution is 7.80. The van der Waals surface area contributed by atoms with E-state index in [0.717, 1.165) is 5.56 Å². The van der Waals surface area contributed by atoms with Crippen molar-refractivity contribution in [2.24, 2.45) is 5.92 Å². The van der Waals surface area contributed by atoms with Gasteiger partial charge >= 0.3 is 0 Å². The van der Waals surface area contributed by atoms with Gasteiger partial charge in [0, 0.05) is 28.5 Å². The lowest BCUT2D eigenvalue weighted by molar-refractivity contribution is -0.384. The molecule has 0 bridgehead atoms. The summed E-state index contributed by atoms with van der Waals surface area (Å²) in [6.07, 6.45) is 0. The van der Waals surface area contributed by atoms with Crippen LogP contribution in [0.3, 0.4) is 0 Å². The highest BCUT2D eigenvalue weighted by atomic mass is 35.5. The number of amides is 1. The molecule has 1 unspecified atom stereocenters. The minimum Gasteiger partial charge on any atom is -0.351 e. The number of nitrogens with one attached hydrogen (secondary N) is 3. The van der Waals surface area contributed by atoms with Gasteiger partial charge in [0.05, 0.1) is 16.5 Å². The van der Waals surface area contributed by atoms with E-state index >= 15 is 0 Å². The first-order chi connectivity index (χ1) is 13.8. The van der Waals surface area contributed by atoms with E-state index in [1.807, 2.05) is 26.0 Å². The van der Waals surface area contributed by atoms with Crippen molar-refractivity contribution >= 4 is 46.2 Å². The van der Waals surface area contributed by atoms with Crippen molar-refractivity contribution in [3.63, 3.8) is 0 Å². The molecule has 0 saturated heterocycles. The van der Waals surface area contributed by atoms with Crippen LogP contribution in [0.5, 0.6) is 0 Å². The molecule has 2 aromatic carbocycles. The minimum atomic E-state index is -0.507. The van der Waals surface area contributed by atoms with Crippen molar-refractivity contribution < 1.29 is 9.72 Å². The molecule has 0 aromatic heterocycles. The Morgan fingerprint density at radius 1 is 1.24 bits per heavy atom. The largest absolute Gasteiger partial charge is 0.351 e. The third-order valence-electron chi connectivity index (χ3n) is 4.44. The van der Waals surface area contributed by atoms with E-state index in [9.17, 15) is 14.9 Å². The van der Waals surface area contributed by atoms with Crippen LogP contribution in [0, 0.1) is 16.0 Å². The number of allylic oxidation sites excluding steroid dienone is 1. The summed E-state index contributed by atoms with van der Waals surface area (Å²) in [6.45, 7) is 3.91. The number of nitro benzene ring substituents is 1. The Hall–Kier alpha value is -2.97. The lowest BCUT2D eigenvalue weighted by atomic mass is 9.91. The van der Waals surface area contributed by atoms with Crippen LogP contribution in [0.2, 0.25) is 5.02 Å². The molecular formula is C20H19ClN4O3S. The van der Waals surface area contributed by atoms with Gasteiger partial charge in [-0.3, -0.25) is 14.9 Å². The van der Waals surface area contributed by atoms with E-state index in [4.69, 9.17) is 23.8 Å². The minimum absolute atomic E-state index is 0.00397. The van der Waals surface area contributed by atoms with Crippen LogP contribution in [-0.2, 0) is 4.79 Å². The molecule has 0 aliphatic carbocycles. The molecule has 2 aromatic rings. The highest BCUT2D eigenvalue weighted by Gasteiger charge is 2.32. The first-order valence-corrected chi connectivity index (χ1v) is 9.67. The smallest absolute Gasteiger partial charge is 0.271 e. The second-order valence-corrected chi connectivity index (χ2v) is 7.67. The summed E-state index contributed by atoms with van der Waals surface area (Å²) in [5.41, 5.74) is 2.21. The van der Waals surface area contributed by atoms with Gasteiger partial charge in [-0.05, 0) is 41.9 Å². The Morgan fingerprint density at radius 3 is 2.55 bits per heavy atom.